The summed E-state index contributed by atoms with van der Waals surface area (Å²) in [5.74, 6) is 0. The van der Waals surface area contributed by atoms with Gasteiger partial charge in [-0.15, -0.1) is 0 Å². The Morgan fingerprint density at radius 2 is 2.10 bits per heavy atom. The maximum absolute atomic E-state index is 12.6. The Kier molecular flexibility index (Phi) is 5.10. The van der Waals surface area contributed by atoms with E-state index in [9.17, 15) is 23.3 Å². The lowest BCUT2D eigenvalue weighted by Crippen LogP contribution is -2.06. The molecule has 0 bridgehead atoms. The van der Waals surface area contributed by atoms with E-state index in [1.807, 2.05) is 0 Å². The highest BCUT2D eigenvalue weighted by molar-refractivity contribution is 5.55. The fourth-order valence-electron chi connectivity index (χ4n) is 1.40. The maximum Gasteiger partial charge on any atom is 0.416 e. The van der Waals surface area contributed by atoms with Crippen molar-refractivity contribution in [1.29, 1.82) is 0 Å². The minimum atomic E-state index is -4.65. The SMILES string of the molecule is [N-]=[N+]=NCCC=Cc1cc([N+](=O)[O-])cc(C(F)(F)F)c1. The average molecular weight is 286 g/mol. The Morgan fingerprint density at radius 3 is 2.65 bits per heavy atom. The average Bonchev–Trinajstić information content (AvgIpc) is 2.37. The van der Waals surface area contributed by atoms with Crippen LogP contribution in [-0.4, -0.2) is 11.5 Å². The number of alkyl halides is 3. The molecule has 0 amide bonds. The predicted molar refractivity (Wildman–Crippen MR) is 65.8 cm³/mol. The Balaban J connectivity index is 3.03. The zero-order valence-corrected chi connectivity index (χ0v) is 10.0. The number of azide groups is 1. The van der Waals surface area contributed by atoms with Crippen molar-refractivity contribution in [3.05, 3.63) is 56.0 Å². The first-order chi connectivity index (χ1) is 9.34. The van der Waals surface area contributed by atoms with Crippen LogP contribution in [0.5, 0.6) is 0 Å². The van der Waals surface area contributed by atoms with Crippen molar-refractivity contribution in [2.24, 2.45) is 5.11 Å². The van der Waals surface area contributed by atoms with Gasteiger partial charge in [0.25, 0.3) is 5.69 Å². The number of non-ortho nitro benzene ring substituents is 1. The molecule has 1 rings (SSSR count). The molecule has 0 N–H and O–H groups in total. The molecule has 0 atom stereocenters. The minimum absolute atomic E-state index is 0.0625. The van der Waals surface area contributed by atoms with Crippen LogP contribution < -0.4 is 0 Å². The first-order valence-electron chi connectivity index (χ1n) is 5.38. The van der Waals surface area contributed by atoms with Crippen molar-refractivity contribution in [3.63, 3.8) is 0 Å². The van der Waals surface area contributed by atoms with Gasteiger partial charge in [0, 0.05) is 23.6 Å². The van der Waals surface area contributed by atoms with Gasteiger partial charge in [0.1, 0.15) is 0 Å². The van der Waals surface area contributed by atoms with Crippen LogP contribution in [0.15, 0.2) is 29.4 Å². The normalized spacial score (nSPS) is 11.3. The zero-order chi connectivity index (χ0) is 15.2. The van der Waals surface area contributed by atoms with Gasteiger partial charge in [0.05, 0.1) is 10.5 Å². The van der Waals surface area contributed by atoms with Gasteiger partial charge in [-0.05, 0) is 23.6 Å². The Bertz CT molecular complexity index is 578. The van der Waals surface area contributed by atoms with E-state index < -0.39 is 22.4 Å². The lowest BCUT2D eigenvalue weighted by Gasteiger charge is -2.07. The van der Waals surface area contributed by atoms with Gasteiger partial charge < -0.3 is 0 Å². The van der Waals surface area contributed by atoms with Crippen LogP contribution in [0, 0.1) is 10.1 Å². The number of nitro benzene ring substituents is 1. The highest BCUT2D eigenvalue weighted by Gasteiger charge is 2.32. The summed E-state index contributed by atoms with van der Waals surface area (Å²) in [6.07, 6.45) is -1.53. The van der Waals surface area contributed by atoms with Gasteiger partial charge in [0.15, 0.2) is 0 Å². The summed E-state index contributed by atoms with van der Waals surface area (Å²) in [5.41, 5.74) is 6.39. The second-order valence-electron chi connectivity index (χ2n) is 3.71. The molecule has 106 valence electrons. The van der Waals surface area contributed by atoms with Gasteiger partial charge in [-0.25, -0.2) is 0 Å². The summed E-state index contributed by atoms with van der Waals surface area (Å²) >= 11 is 0. The first kappa shape index (κ1) is 15.5. The summed E-state index contributed by atoms with van der Waals surface area (Å²) in [7, 11) is 0. The Hall–Kier alpha value is -2.54. The number of hydrogen-bond acceptors (Lipinski definition) is 3. The van der Waals surface area contributed by atoms with Gasteiger partial charge in [-0.3, -0.25) is 10.1 Å². The van der Waals surface area contributed by atoms with Crippen LogP contribution in [0.25, 0.3) is 16.5 Å². The van der Waals surface area contributed by atoms with E-state index in [4.69, 9.17) is 5.53 Å². The molecule has 0 aromatic heterocycles. The monoisotopic (exact) mass is 286 g/mol. The molecule has 1 aromatic rings. The highest BCUT2D eigenvalue weighted by atomic mass is 19.4. The molecule has 0 aliphatic rings. The van der Waals surface area contributed by atoms with Crippen LogP contribution >= 0.6 is 0 Å². The molecule has 0 aliphatic carbocycles. The molecule has 9 heteroatoms. The van der Waals surface area contributed by atoms with E-state index in [0.29, 0.717) is 12.5 Å². The molecule has 20 heavy (non-hydrogen) atoms. The highest BCUT2D eigenvalue weighted by Crippen LogP contribution is 2.32. The van der Waals surface area contributed by atoms with Crippen LogP contribution in [0.2, 0.25) is 0 Å². The van der Waals surface area contributed by atoms with E-state index in [1.54, 1.807) is 0 Å². The largest absolute Gasteiger partial charge is 0.416 e. The third-order valence-electron chi connectivity index (χ3n) is 2.25. The first-order valence-corrected chi connectivity index (χ1v) is 5.38. The molecular formula is C11H9F3N4O2. The van der Waals surface area contributed by atoms with Gasteiger partial charge in [-0.2, -0.15) is 13.2 Å². The quantitative estimate of drug-likeness (QED) is 0.201. The van der Waals surface area contributed by atoms with Crippen LogP contribution in [-0.2, 0) is 6.18 Å². The zero-order valence-electron chi connectivity index (χ0n) is 10.0. The molecule has 0 fully saturated rings. The van der Waals surface area contributed by atoms with E-state index in [2.05, 4.69) is 10.0 Å². The summed E-state index contributed by atoms with van der Waals surface area (Å²) < 4.78 is 37.8. The molecule has 0 saturated heterocycles. The molecule has 0 radical (unpaired) electrons. The predicted octanol–water partition coefficient (Wildman–Crippen LogP) is 4.33. The third kappa shape index (κ3) is 4.62. The molecule has 0 heterocycles. The summed E-state index contributed by atoms with van der Waals surface area (Å²) in [4.78, 5) is 12.2. The number of nitro groups is 1. The number of benzene rings is 1. The molecule has 0 aliphatic heterocycles. The third-order valence-corrected chi connectivity index (χ3v) is 2.25. The summed E-state index contributed by atoms with van der Waals surface area (Å²) in [6, 6.07) is 2.34. The molecular weight excluding hydrogens is 277 g/mol. The molecule has 0 spiro atoms. The van der Waals surface area contributed by atoms with Crippen molar-refractivity contribution in [2.75, 3.05) is 6.54 Å². The lowest BCUT2D eigenvalue weighted by atomic mass is 10.1. The smallest absolute Gasteiger partial charge is 0.258 e. The number of hydrogen-bond donors (Lipinski definition) is 0. The lowest BCUT2D eigenvalue weighted by molar-refractivity contribution is -0.385. The van der Waals surface area contributed by atoms with Crippen molar-refractivity contribution < 1.29 is 18.1 Å². The molecule has 0 saturated carbocycles. The molecule has 0 unspecified atom stereocenters. The van der Waals surface area contributed by atoms with Gasteiger partial charge in [0.2, 0.25) is 0 Å². The standard InChI is InChI=1S/C11H9F3N4O2/c12-11(13,14)9-5-8(3-1-2-4-16-17-15)6-10(7-9)18(19)20/h1,3,5-7H,2,4H2. The van der Waals surface area contributed by atoms with Crippen molar-refractivity contribution in [1.82, 2.24) is 0 Å². The Morgan fingerprint density at radius 1 is 1.40 bits per heavy atom. The Labute approximate surface area is 111 Å². The minimum Gasteiger partial charge on any atom is -0.258 e. The fraction of sp³-hybridized carbons (Fsp3) is 0.273. The van der Waals surface area contributed by atoms with Crippen molar-refractivity contribution in [3.8, 4) is 0 Å². The van der Waals surface area contributed by atoms with Crippen LogP contribution in [0.4, 0.5) is 18.9 Å². The summed E-state index contributed by atoms with van der Waals surface area (Å²) in [6.45, 7) is 0.161. The van der Waals surface area contributed by atoms with Crippen LogP contribution in [0.3, 0.4) is 0 Å². The van der Waals surface area contributed by atoms with Gasteiger partial charge in [-0.1, -0.05) is 17.3 Å². The molecule has 1 aromatic carbocycles. The second kappa shape index (κ2) is 6.58. The number of nitrogens with zero attached hydrogens (tertiary/aromatic N) is 4. The topological polar surface area (TPSA) is 91.9 Å². The molecule has 6 nitrogen and oxygen atoms in total. The number of halogens is 3. The fourth-order valence-corrected chi connectivity index (χ4v) is 1.40. The van der Waals surface area contributed by atoms with E-state index >= 15 is 0 Å². The van der Waals surface area contributed by atoms with E-state index in [-0.39, 0.29) is 12.1 Å². The van der Waals surface area contributed by atoms with Crippen molar-refractivity contribution >= 4 is 11.8 Å². The van der Waals surface area contributed by atoms with Crippen LogP contribution in [0.1, 0.15) is 17.5 Å². The summed E-state index contributed by atoms with van der Waals surface area (Å²) in [5, 5.41) is 13.9. The van der Waals surface area contributed by atoms with Crippen molar-refractivity contribution in [2.45, 2.75) is 12.6 Å². The number of rotatable bonds is 5. The maximum atomic E-state index is 12.6. The second-order valence-corrected chi connectivity index (χ2v) is 3.71. The van der Waals surface area contributed by atoms with Gasteiger partial charge >= 0.3 is 6.18 Å². The van der Waals surface area contributed by atoms with E-state index in [0.717, 1.165) is 12.1 Å². The van der Waals surface area contributed by atoms with E-state index in [1.165, 1.54) is 12.2 Å².